The Hall–Kier alpha value is -1.62. The summed E-state index contributed by atoms with van der Waals surface area (Å²) in [5.74, 6) is 1.57. The Balaban J connectivity index is 1.74. The van der Waals surface area contributed by atoms with E-state index in [1.807, 2.05) is 0 Å². The van der Waals surface area contributed by atoms with Crippen molar-refractivity contribution in [3.8, 4) is 5.75 Å². The zero-order chi connectivity index (χ0) is 18.4. The van der Waals surface area contributed by atoms with Gasteiger partial charge in [-0.05, 0) is 42.3 Å². The van der Waals surface area contributed by atoms with Gasteiger partial charge in [-0.1, -0.05) is 44.2 Å². The monoisotopic (exact) mass is 355 g/mol. The summed E-state index contributed by atoms with van der Waals surface area (Å²) in [5.41, 5.74) is 6.98. The van der Waals surface area contributed by atoms with Crippen LogP contribution in [0.3, 0.4) is 0 Å². The molecule has 1 heterocycles. The zero-order valence-electron chi connectivity index (χ0n) is 16.3. The third kappa shape index (κ3) is 4.97. The number of rotatable bonds is 8. The minimum absolute atomic E-state index is 0.528. The first-order chi connectivity index (χ1) is 12.7. The fraction of sp³-hybridized carbons (Fsp3) is 0.545. The second kappa shape index (κ2) is 9.36. The van der Waals surface area contributed by atoms with Gasteiger partial charge in [0.15, 0.2) is 0 Å². The van der Waals surface area contributed by atoms with Crippen molar-refractivity contribution in [1.29, 1.82) is 0 Å². The molecule has 0 saturated carbocycles. The minimum atomic E-state index is 0.528. The molecule has 0 atom stereocenters. The second-order valence-electron chi connectivity index (χ2n) is 7.73. The lowest BCUT2D eigenvalue weighted by atomic mass is 10.0. The van der Waals surface area contributed by atoms with E-state index in [0.717, 1.165) is 64.6 Å². The van der Waals surface area contributed by atoms with Gasteiger partial charge in [-0.15, -0.1) is 0 Å². The first kappa shape index (κ1) is 19.2. The maximum absolute atomic E-state index is 6.17. The SMILES string of the molecule is CC(C)COc1ccc2ccccc2c1CN1CCN(CCCN)CC1. The molecule has 0 bridgehead atoms. The Kier molecular flexibility index (Phi) is 6.89. The van der Waals surface area contributed by atoms with E-state index in [-0.39, 0.29) is 0 Å². The first-order valence-corrected chi connectivity index (χ1v) is 9.95. The molecule has 4 heteroatoms. The molecule has 2 aromatic rings. The minimum Gasteiger partial charge on any atom is -0.493 e. The number of benzene rings is 2. The van der Waals surface area contributed by atoms with Crippen molar-refractivity contribution in [2.45, 2.75) is 26.8 Å². The quantitative estimate of drug-likeness (QED) is 0.788. The molecule has 1 aliphatic rings. The summed E-state index contributed by atoms with van der Waals surface area (Å²) in [4.78, 5) is 5.09. The van der Waals surface area contributed by atoms with Crippen molar-refractivity contribution in [3.05, 3.63) is 42.0 Å². The van der Waals surface area contributed by atoms with Crippen LogP contribution < -0.4 is 10.5 Å². The van der Waals surface area contributed by atoms with Crippen molar-refractivity contribution < 1.29 is 4.74 Å². The molecular weight excluding hydrogens is 322 g/mol. The molecule has 1 saturated heterocycles. The molecule has 2 aromatic carbocycles. The highest BCUT2D eigenvalue weighted by molar-refractivity contribution is 5.87. The van der Waals surface area contributed by atoms with Gasteiger partial charge in [0.25, 0.3) is 0 Å². The van der Waals surface area contributed by atoms with Crippen LogP contribution in [0.1, 0.15) is 25.8 Å². The van der Waals surface area contributed by atoms with E-state index >= 15 is 0 Å². The van der Waals surface area contributed by atoms with Crippen LogP contribution in [-0.4, -0.2) is 55.7 Å². The molecule has 2 N–H and O–H groups in total. The summed E-state index contributed by atoms with van der Waals surface area (Å²) in [6.07, 6.45) is 1.09. The Bertz CT molecular complexity index is 693. The molecule has 0 radical (unpaired) electrons. The molecule has 3 rings (SSSR count). The molecule has 0 amide bonds. The largest absolute Gasteiger partial charge is 0.493 e. The lowest BCUT2D eigenvalue weighted by Gasteiger charge is -2.35. The van der Waals surface area contributed by atoms with Crippen molar-refractivity contribution in [2.24, 2.45) is 11.7 Å². The van der Waals surface area contributed by atoms with Crippen LogP contribution in [0.5, 0.6) is 5.75 Å². The third-order valence-electron chi connectivity index (χ3n) is 5.09. The van der Waals surface area contributed by atoms with Crippen molar-refractivity contribution in [3.63, 3.8) is 0 Å². The molecule has 1 aliphatic heterocycles. The summed E-state index contributed by atoms with van der Waals surface area (Å²) >= 11 is 0. The van der Waals surface area contributed by atoms with Crippen LogP contribution in [0, 0.1) is 5.92 Å². The van der Waals surface area contributed by atoms with E-state index in [2.05, 4.69) is 60.0 Å². The number of piperazine rings is 1. The molecule has 0 unspecified atom stereocenters. The standard InChI is InChI=1S/C22H33N3O/c1-18(2)17-26-22-9-8-19-6-3-4-7-20(19)21(22)16-25-14-12-24(13-15-25)11-5-10-23/h3-4,6-9,18H,5,10-17,23H2,1-2H3. The highest BCUT2D eigenvalue weighted by Crippen LogP contribution is 2.30. The lowest BCUT2D eigenvalue weighted by Crippen LogP contribution is -2.46. The third-order valence-corrected chi connectivity index (χ3v) is 5.09. The van der Waals surface area contributed by atoms with Gasteiger partial charge in [0.2, 0.25) is 0 Å². The zero-order valence-corrected chi connectivity index (χ0v) is 16.3. The van der Waals surface area contributed by atoms with Crippen LogP contribution in [0.4, 0.5) is 0 Å². The molecule has 0 aromatic heterocycles. The van der Waals surface area contributed by atoms with E-state index in [4.69, 9.17) is 10.5 Å². The number of fused-ring (bicyclic) bond motifs is 1. The van der Waals surface area contributed by atoms with Gasteiger partial charge in [-0.25, -0.2) is 0 Å². The molecule has 4 nitrogen and oxygen atoms in total. The van der Waals surface area contributed by atoms with Crippen LogP contribution >= 0.6 is 0 Å². The van der Waals surface area contributed by atoms with Crippen molar-refractivity contribution >= 4 is 10.8 Å². The normalized spacial score (nSPS) is 16.5. The van der Waals surface area contributed by atoms with Crippen molar-refractivity contribution in [2.75, 3.05) is 45.9 Å². The van der Waals surface area contributed by atoms with Gasteiger partial charge in [0.05, 0.1) is 6.61 Å². The summed E-state index contributed by atoms with van der Waals surface area (Å²) in [6.45, 7) is 12.5. The van der Waals surface area contributed by atoms with E-state index < -0.39 is 0 Å². The van der Waals surface area contributed by atoms with E-state index in [9.17, 15) is 0 Å². The van der Waals surface area contributed by atoms with Crippen molar-refractivity contribution in [1.82, 2.24) is 9.80 Å². The highest BCUT2D eigenvalue weighted by Gasteiger charge is 2.19. The van der Waals surface area contributed by atoms with E-state index in [1.54, 1.807) is 0 Å². The van der Waals surface area contributed by atoms with Gasteiger partial charge in [0.1, 0.15) is 5.75 Å². The van der Waals surface area contributed by atoms with Crippen LogP contribution in [0.25, 0.3) is 10.8 Å². The topological polar surface area (TPSA) is 41.7 Å². The number of ether oxygens (including phenoxy) is 1. The molecule has 142 valence electrons. The van der Waals surface area contributed by atoms with Crippen LogP contribution in [0.15, 0.2) is 36.4 Å². The predicted octanol–water partition coefficient (Wildman–Crippen LogP) is 3.34. The Morgan fingerprint density at radius 2 is 1.73 bits per heavy atom. The number of nitrogens with two attached hydrogens (primary N) is 1. The average Bonchev–Trinajstić information content (AvgIpc) is 2.66. The molecule has 0 aliphatic carbocycles. The van der Waals surface area contributed by atoms with E-state index in [0.29, 0.717) is 5.92 Å². The van der Waals surface area contributed by atoms with Crippen LogP contribution in [-0.2, 0) is 6.54 Å². The summed E-state index contributed by atoms with van der Waals surface area (Å²) in [5, 5.41) is 2.61. The Morgan fingerprint density at radius 1 is 1.00 bits per heavy atom. The Morgan fingerprint density at radius 3 is 2.46 bits per heavy atom. The average molecular weight is 356 g/mol. The second-order valence-corrected chi connectivity index (χ2v) is 7.73. The number of nitrogens with zero attached hydrogens (tertiary/aromatic N) is 2. The maximum Gasteiger partial charge on any atom is 0.124 e. The van der Waals surface area contributed by atoms with Crippen LogP contribution in [0.2, 0.25) is 0 Å². The molecule has 0 spiro atoms. The summed E-state index contributed by atoms with van der Waals surface area (Å²) in [7, 11) is 0. The smallest absolute Gasteiger partial charge is 0.124 e. The molecular formula is C22H33N3O. The molecule has 26 heavy (non-hydrogen) atoms. The van der Waals surface area contributed by atoms with Gasteiger partial charge in [-0.3, -0.25) is 4.90 Å². The number of hydrogen-bond donors (Lipinski definition) is 1. The maximum atomic E-state index is 6.17. The van der Waals surface area contributed by atoms with Gasteiger partial charge in [0, 0.05) is 38.3 Å². The summed E-state index contributed by atoms with van der Waals surface area (Å²) in [6, 6.07) is 13.0. The fourth-order valence-electron chi connectivity index (χ4n) is 3.58. The summed E-state index contributed by atoms with van der Waals surface area (Å²) < 4.78 is 6.17. The van der Waals surface area contributed by atoms with Gasteiger partial charge >= 0.3 is 0 Å². The lowest BCUT2D eigenvalue weighted by molar-refractivity contribution is 0.126. The fourth-order valence-corrected chi connectivity index (χ4v) is 3.58. The van der Waals surface area contributed by atoms with E-state index in [1.165, 1.54) is 16.3 Å². The van der Waals surface area contributed by atoms with Gasteiger partial charge < -0.3 is 15.4 Å². The number of hydrogen-bond acceptors (Lipinski definition) is 4. The Labute approximate surface area is 157 Å². The predicted molar refractivity (Wildman–Crippen MR) is 110 cm³/mol. The highest BCUT2D eigenvalue weighted by atomic mass is 16.5. The molecule has 1 fully saturated rings. The van der Waals surface area contributed by atoms with Gasteiger partial charge in [-0.2, -0.15) is 0 Å². The first-order valence-electron chi connectivity index (χ1n) is 9.95.